The number of nitrogens with one attached hydrogen (secondary N) is 1. The normalized spacial score (nSPS) is 9.93. The maximum absolute atomic E-state index is 13.0. The van der Waals surface area contributed by atoms with Crippen molar-refractivity contribution >= 4 is 28.5 Å². The minimum Gasteiger partial charge on any atom is -0.395 e. The first kappa shape index (κ1) is 11.4. The highest BCUT2D eigenvalue weighted by Crippen LogP contribution is 2.12. The molecule has 2 N–H and O–H groups in total. The van der Waals surface area contributed by atoms with Crippen molar-refractivity contribution in [2.24, 2.45) is 0 Å². The summed E-state index contributed by atoms with van der Waals surface area (Å²) in [4.78, 5) is 11.3. The SMILES string of the molecule is O=C(NCCO)c1ccc(I)c(F)c1. The van der Waals surface area contributed by atoms with Crippen LogP contribution in [0.1, 0.15) is 10.4 Å². The van der Waals surface area contributed by atoms with Crippen molar-refractivity contribution in [3.8, 4) is 0 Å². The van der Waals surface area contributed by atoms with Gasteiger partial charge in [-0.3, -0.25) is 4.79 Å². The molecule has 0 heterocycles. The fraction of sp³-hybridized carbons (Fsp3) is 0.222. The van der Waals surface area contributed by atoms with Gasteiger partial charge in [-0.15, -0.1) is 0 Å². The Morgan fingerprint density at radius 2 is 2.29 bits per heavy atom. The molecule has 1 amide bonds. The molecule has 0 aliphatic rings. The van der Waals surface area contributed by atoms with Gasteiger partial charge < -0.3 is 10.4 Å². The number of benzene rings is 1. The Kier molecular flexibility index (Phi) is 4.27. The summed E-state index contributed by atoms with van der Waals surface area (Å²) in [5, 5.41) is 10.9. The maximum Gasteiger partial charge on any atom is 0.251 e. The van der Waals surface area contributed by atoms with Crippen LogP contribution in [0.25, 0.3) is 0 Å². The summed E-state index contributed by atoms with van der Waals surface area (Å²) in [6.45, 7) is 0.0467. The number of rotatable bonds is 3. The quantitative estimate of drug-likeness (QED) is 0.823. The second kappa shape index (κ2) is 5.26. The summed E-state index contributed by atoms with van der Waals surface area (Å²) in [5.74, 6) is -0.795. The van der Waals surface area contributed by atoms with Crippen LogP contribution < -0.4 is 5.32 Å². The zero-order valence-electron chi connectivity index (χ0n) is 7.26. The minimum absolute atomic E-state index is 0.126. The lowest BCUT2D eigenvalue weighted by Gasteiger charge is -2.03. The van der Waals surface area contributed by atoms with Crippen LogP contribution in [0.3, 0.4) is 0 Å². The van der Waals surface area contributed by atoms with E-state index in [9.17, 15) is 9.18 Å². The summed E-state index contributed by atoms with van der Waals surface area (Å²) in [6, 6.07) is 4.25. The lowest BCUT2D eigenvalue weighted by Crippen LogP contribution is -2.26. The van der Waals surface area contributed by atoms with Gasteiger partial charge in [0.25, 0.3) is 5.91 Å². The highest BCUT2D eigenvalue weighted by Gasteiger charge is 2.07. The van der Waals surface area contributed by atoms with E-state index in [-0.39, 0.29) is 24.6 Å². The van der Waals surface area contributed by atoms with Gasteiger partial charge in [-0.25, -0.2) is 4.39 Å². The van der Waals surface area contributed by atoms with Crippen LogP contribution in [-0.4, -0.2) is 24.2 Å². The average Bonchev–Trinajstić information content (AvgIpc) is 2.18. The predicted molar refractivity (Wildman–Crippen MR) is 58.5 cm³/mol. The van der Waals surface area contributed by atoms with Gasteiger partial charge in [-0.05, 0) is 40.8 Å². The van der Waals surface area contributed by atoms with Gasteiger partial charge in [-0.2, -0.15) is 0 Å². The van der Waals surface area contributed by atoms with Crippen LogP contribution in [0.5, 0.6) is 0 Å². The molecule has 0 aliphatic heterocycles. The van der Waals surface area contributed by atoms with Crippen LogP contribution >= 0.6 is 22.6 Å². The van der Waals surface area contributed by atoms with Crippen molar-refractivity contribution in [1.29, 1.82) is 0 Å². The summed E-state index contributed by atoms with van der Waals surface area (Å²) in [6.07, 6.45) is 0. The van der Waals surface area contributed by atoms with E-state index in [1.54, 1.807) is 0 Å². The number of aliphatic hydroxyl groups excluding tert-OH is 1. The topological polar surface area (TPSA) is 49.3 Å². The number of hydrogen-bond donors (Lipinski definition) is 2. The molecule has 0 radical (unpaired) electrons. The molecule has 76 valence electrons. The average molecular weight is 309 g/mol. The zero-order valence-corrected chi connectivity index (χ0v) is 9.42. The first-order valence-corrected chi connectivity index (χ1v) is 5.07. The van der Waals surface area contributed by atoms with E-state index in [2.05, 4.69) is 5.32 Å². The van der Waals surface area contributed by atoms with E-state index >= 15 is 0 Å². The molecular weight excluding hydrogens is 300 g/mol. The van der Waals surface area contributed by atoms with Crippen LogP contribution in [0.2, 0.25) is 0 Å². The molecule has 0 spiro atoms. The van der Waals surface area contributed by atoms with E-state index in [0.717, 1.165) is 0 Å². The number of aliphatic hydroxyl groups is 1. The molecule has 0 aromatic heterocycles. The third kappa shape index (κ3) is 2.91. The molecule has 0 saturated carbocycles. The lowest BCUT2D eigenvalue weighted by molar-refractivity contribution is 0.0944. The van der Waals surface area contributed by atoms with Gasteiger partial charge >= 0.3 is 0 Å². The van der Waals surface area contributed by atoms with Gasteiger partial charge in [0.2, 0.25) is 0 Å². The van der Waals surface area contributed by atoms with Crippen molar-refractivity contribution in [2.45, 2.75) is 0 Å². The number of carbonyl (C=O) groups excluding carboxylic acids is 1. The van der Waals surface area contributed by atoms with Gasteiger partial charge in [-0.1, -0.05) is 0 Å². The molecule has 1 aromatic carbocycles. The van der Waals surface area contributed by atoms with Gasteiger partial charge in [0.1, 0.15) is 5.82 Å². The van der Waals surface area contributed by atoms with E-state index in [4.69, 9.17) is 5.11 Å². The Hall–Kier alpha value is -0.690. The van der Waals surface area contributed by atoms with Crippen molar-refractivity contribution in [1.82, 2.24) is 5.32 Å². The summed E-state index contributed by atoms with van der Waals surface area (Å²) < 4.78 is 13.5. The first-order valence-electron chi connectivity index (χ1n) is 3.99. The van der Waals surface area contributed by atoms with E-state index in [1.807, 2.05) is 22.6 Å². The van der Waals surface area contributed by atoms with Crippen LogP contribution in [0.4, 0.5) is 4.39 Å². The largest absolute Gasteiger partial charge is 0.395 e. The standard InChI is InChI=1S/C9H9FINO2/c10-7-5-6(1-2-8(7)11)9(14)12-3-4-13/h1-2,5,13H,3-4H2,(H,12,14). The lowest BCUT2D eigenvalue weighted by atomic mass is 10.2. The Morgan fingerprint density at radius 3 is 2.86 bits per heavy atom. The van der Waals surface area contributed by atoms with Crippen LogP contribution in [-0.2, 0) is 0 Å². The van der Waals surface area contributed by atoms with E-state index in [1.165, 1.54) is 18.2 Å². The molecule has 0 saturated heterocycles. The molecule has 0 atom stereocenters. The number of halogens is 2. The molecule has 1 rings (SSSR count). The molecule has 0 unspecified atom stereocenters. The predicted octanol–water partition coefficient (Wildman–Crippen LogP) is 1.15. The molecule has 3 nitrogen and oxygen atoms in total. The minimum atomic E-state index is -0.415. The van der Waals surface area contributed by atoms with Gasteiger partial charge in [0, 0.05) is 15.7 Å². The number of amides is 1. The van der Waals surface area contributed by atoms with Gasteiger partial charge in [0.05, 0.1) is 6.61 Å². The van der Waals surface area contributed by atoms with Crippen molar-refractivity contribution in [2.75, 3.05) is 13.2 Å². The number of carbonyl (C=O) groups is 1. The fourth-order valence-corrected chi connectivity index (χ4v) is 1.24. The van der Waals surface area contributed by atoms with Crippen LogP contribution in [0, 0.1) is 9.39 Å². The van der Waals surface area contributed by atoms with Crippen molar-refractivity contribution < 1.29 is 14.3 Å². The summed E-state index contributed by atoms with van der Waals surface area (Å²) in [7, 11) is 0. The molecular formula is C9H9FINO2. The molecule has 0 aliphatic carbocycles. The maximum atomic E-state index is 13.0. The zero-order chi connectivity index (χ0) is 10.6. The number of hydrogen-bond acceptors (Lipinski definition) is 2. The third-order valence-corrected chi connectivity index (χ3v) is 2.45. The van der Waals surface area contributed by atoms with Gasteiger partial charge in [0.15, 0.2) is 0 Å². The monoisotopic (exact) mass is 309 g/mol. The second-order valence-electron chi connectivity index (χ2n) is 2.61. The first-order chi connectivity index (χ1) is 6.65. The smallest absolute Gasteiger partial charge is 0.251 e. The molecule has 1 aromatic rings. The van der Waals surface area contributed by atoms with Crippen molar-refractivity contribution in [3.05, 3.63) is 33.1 Å². The third-order valence-electron chi connectivity index (χ3n) is 1.58. The second-order valence-corrected chi connectivity index (χ2v) is 3.77. The Bertz CT molecular complexity index is 344. The fourth-order valence-electron chi connectivity index (χ4n) is 0.909. The summed E-state index contributed by atoms with van der Waals surface area (Å²) >= 11 is 1.85. The Balaban J connectivity index is 2.76. The highest BCUT2D eigenvalue weighted by atomic mass is 127. The summed E-state index contributed by atoms with van der Waals surface area (Å²) in [5.41, 5.74) is 0.261. The molecule has 0 fully saturated rings. The van der Waals surface area contributed by atoms with E-state index in [0.29, 0.717) is 3.57 Å². The van der Waals surface area contributed by atoms with Crippen LogP contribution in [0.15, 0.2) is 18.2 Å². The van der Waals surface area contributed by atoms with E-state index < -0.39 is 5.82 Å². The molecule has 0 bridgehead atoms. The highest BCUT2D eigenvalue weighted by molar-refractivity contribution is 14.1. The molecule has 5 heteroatoms. The Labute approximate surface area is 94.5 Å². The Morgan fingerprint density at radius 1 is 1.57 bits per heavy atom. The molecule has 14 heavy (non-hydrogen) atoms. The van der Waals surface area contributed by atoms with Crippen molar-refractivity contribution in [3.63, 3.8) is 0 Å².